The number of methoxy groups -OCH3 is 1. The number of carbonyl (C=O) groups is 1. The van der Waals surface area contributed by atoms with Crippen LogP contribution in [0, 0.1) is 5.92 Å². The Bertz CT molecular complexity index is 609. The van der Waals surface area contributed by atoms with Crippen LogP contribution in [0.5, 0.6) is 0 Å². The maximum absolute atomic E-state index is 12.3. The minimum Gasteiger partial charge on any atom is -0.465 e. The SMILES string of the molecule is COC(=O)c1c(NC(=S)N2CCOCC2)sc2c1CC[C@@H](C)C2. The van der Waals surface area contributed by atoms with Gasteiger partial charge in [-0.3, -0.25) is 0 Å². The number of ether oxygens (including phenoxy) is 2. The first-order chi connectivity index (χ1) is 11.1. The van der Waals surface area contributed by atoms with E-state index >= 15 is 0 Å². The van der Waals surface area contributed by atoms with Crippen molar-refractivity contribution in [3.05, 3.63) is 16.0 Å². The quantitative estimate of drug-likeness (QED) is 0.651. The molecule has 1 aromatic heterocycles. The maximum atomic E-state index is 12.3. The highest BCUT2D eigenvalue weighted by Gasteiger charge is 2.29. The third kappa shape index (κ3) is 3.51. The average Bonchev–Trinajstić information content (AvgIpc) is 2.91. The molecule has 1 fully saturated rings. The molecule has 2 heterocycles. The Morgan fingerprint density at radius 2 is 2.17 bits per heavy atom. The third-order valence-electron chi connectivity index (χ3n) is 4.42. The number of rotatable bonds is 2. The first kappa shape index (κ1) is 16.7. The summed E-state index contributed by atoms with van der Waals surface area (Å²) in [4.78, 5) is 15.6. The Balaban J connectivity index is 1.85. The van der Waals surface area contributed by atoms with E-state index in [0.717, 1.165) is 42.9 Å². The summed E-state index contributed by atoms with van der Waals surface area (Å²) in [5, 5.41) is 4.77. The number of thiocarbonyl (C=S) groups is 1. The summed E-state index contributed by atoms with van der Waals surface area (Å²) in [5.74, 6) is 0.384. The standard InChI is InChI=1S/C16H22N2O3S2/c1-10-3-4-11-12(9-10)23-14(13(11)15(19)20-2)17-16(22)18-5-7-21-8-6-18/h10H,3-9H2,1-2H3,(H,17,22)/t10-/m1/s1. The predicted octanol–water partition coefficient (Wildman–Crippen LogP) is 2.69. The Kier molecular flexibility index (Phi) is 5.18. The average molecular weight is 354 g/mol. The van der Waals surface area contributed by atoms with Gasteiger partial charge < -0.3 is 19.7 Å². The van der Waals surface area contributed by atoms with Crippen molar-refractivity contribution < 1.29 is 14.3 Å². The molecule has 126 valence electrons. The first-order valence-electron chi connectivity index (χ1n) is 7.96. The van der Waals surface area contributed by atoms with Crippen molar-refractivity contribution in [3.8, 4) is 0 Å². The van der Waals surface area contributed by atoms with Crippen LogP contribution in [0.25, 0.3) is 0 Å². The molecule has 1 aliphatic carbocycles. The number of thiophene rings is 1. The van der Waals surface area contributed by atoms with Gasteiger partial charge in [0, 0.05) is 18.0 Å². The Hall–Kier alpha value is -1.18. The fourth-order valence-corrected chi connectivity index (χ4v) is 4.85. The fraction of sp³-hybridized carbons (Fsp3) is 0.625. The zero-order valence-electron chi connectivity index (χ0n) is 13.5. The number of morpholine rings is 1. The summed E-state index contributed by atoms with van der Waals surface area (Å²) in [5.41, 5.74) is 1.82. The molecule has 23 heavy (non-hydrogen) atoms. The Labute approximate surface area is 145 Å². The second kappa shape index (κ2) is 7.15. The number of fused-ring (bicyclic) bond motifs is 1. The summed E-state index contributed by atoms with van der Waals surface area (Å²) in [6.45, 7) is 5.18. The van der Waals surface area contributed by atoms with E-state index in [1.807, 2.05) is 0 Å². The van der Waals surface area contributed by atoms with Gasteiger partial charge in [0.1, 0.15) is 5.00 Å². The van der Waals surface area contributed by atoms with Crippen molar-refractivity contribution in [1.29, 1.82) is 0 Å². The number of nitrogens with zero attached hydrogens (tertiary/aromatic N) is 1. The molecule has 7 heteroatoms. The van der Waals surface area contributed by atoms with Crippen LogP contribution in [0.15, 0.2) is 0 Å². The van der Waals surface area contributed by atoms with Crippen LogP contribution in [0.2, 0.25) is 0 Å². The second-order valence-corrected chi connectivity index (χ2v) is 7.57. The van der Waals surface area contributed by atoms with Gasteiger partial charge in [-0.15, -0.1) is 11.3 Å². The highest BCUT2D eigenvalue weighted by atomic mass is 32.1. The lowest BCUT2D eigenvalue weighted by Crippen LogP contribution is -2.42. The van der Waals surface area contributed by atoms with Gasteiger partial charge in [0.05, 0.1) is 25.9 Å². The van der Waals surface area contributed by atoms with Crippen LogP contribution < -0.4 is 5.32 Å². The molecule has 1 aliphatic heterocycles. The fourth-order valence-electron chi connectivity index (χ4n) is 3.10. The molecular formula is C16H22N2O3S2. The van der Waals surface area contributed by atoms with E-state index in [1.54, 1.807) is 11.3 Å². The van der Waals surface area contributed by atoms with Gasteiger partial charge in [0.25, 0.3) is 0 Å². The molecular weight excluding hydrogens is 332 g/mol. The van der Waals surface area contributed by atoms with Crippen LogP contribution in [0.4, 0.5) is 5.00 Å². The van der Waals surface area contributed by atoms with Gasteiger partial charge in [-0.2, -0.15) is 0 Å². The molecule has 2 aliphatic rings. The van der Waals surface area contributed by atoms with Crippen LogP contribution in [-0.2, 0) is 22.3 Å². The lowest BCUT2D eigenvalue weighted by atomic mass is 9.88. The van der Waals surface area contributed by atoms with E-state index in [-0.39, 0.29) is 5.97 Å². The number of hydrogen-bond acceptors (Lipinski definition) is 5. The highest BCUT2D eigenvalue weighted by Crippen LogP contribution is 2.40. The second-order valence-electron chi connectivity index (χ2n) is 6.08. The van der Waals surface area contributed by atoms with Crippen LogP contribution in [0.3, 0.4) is 0 Å². The van der Waals surface area contributed by atoms with Crippen LogP contribution in [0.1, 0.15) is 34.1 Å². The third-order valence-corrected chi connectivity index (χ3v) is 5.95. The number of carbonyl (C=O) groups excluding carboxylic acids is 1. The molecule has 0 amide bonds. The zero-order chi connectivity index (χ0) is 16.4. The van der Waals surface area contributed by atoms with Gasteiger partial charge in [0.2, 0.25) is 0 Å². The molecule has 1 atom stereocenters. The van der Waals surface area contributed by atoms with Crippen LogP contribution >= 0.6 is 23.6 Å². The summed E-state index contributed by atoms with van der Waals surface area (Å²) in [6, 6.07) is 0. The molecule has 0 radical (unpaired) electrons. The Morgan fingerprint density at radius 1 is 1.43 bits per heavy atom. The number of anilines is 1. The molecule has 3 rings (SSSR count). The normalized spacial score (nSPS) is 20.8. The molecule has 0 saturated carbocycles. The lowest BCUT2D eigenvalue weighted by molar-refractivity contribution is 0.0600. The molecule has 1 saturated heterocycles. The van der Waals surface area contributed by atoms with E-state index < -0.39 is 0 Å². The number of nitrogens with one attached hydrogen (secondary N) is 1. The van der Waals surface area contributed by atoms with E-state index in [0.29, 0.717) is 29.8 Å². The van der Waals surface area contributed by atoms with Gasteiger partial charge in [0.15, 0.2) is 5.11 Å². The predicted molar refractivity (Wildman–Crippen MR) is 95.5 cm³/mol. The summed E-state index contributed by atoms with van der Waals surface area (Å²) < 4.78 is 10.4. The zero-order valence-corrected chi connectivity index (χ0v) is 15.1. The lowest BCUT2D eigenvalue weighted by Gasteiger charge is -2.29. The van der Waals surface area contributed by atoms with Crippen molar-refractivity contribution in [2.24, 2.45) is 5.92 Å². The summed E-state index contributed by atoms with van der Waals surface area (Å²) in [6.07, 6.45) is 3.07. The number of hydrogen-bond donors (Lipinski definition) is 1. The smallest absolute Gasteiger partial charge is 0.341 e. The molecule has 5 nitrogen and oxygen atoms in total. The van der Waals surface area contributed by atoms with Gasteiger partial charge in [-0.05, 0) is 43.0 Å². The summed E-state index contributed by atoms with van der Waals surface area (Å²) in [7, 11) is 1.43. The highest BCUT2D eigenvalue weighted by molar-refractivity contribution is 7.80. The molecule has 1 N–H and O–H groups in total. The van der Waals surface area contributed by atoms with E-state index in [2.05, 4.69) is 17.1 Å². The van der Waals surface area contributed by atoms with Crippen molar-refractivity contribution >= 4 is 39.6 Å². The molecule has 0 bridgehead atoms. The minimum absolute atomic E-state index is 0.274. The maximum Gasteiger partial charge on any atom is 0.341 e. The molecule has 0 unspecified atom stereocenters. The van der Waals surface area contributed by atoms with Crippen molar-refractivity contribution in [2.75, 3.05) is 38.7 Å². The molecule has 0 spiro atoms. The topological polar surface area (TPSA) is 50.8 Å². The van der Waals surface area contributed by atoms with Gasteiger partial charge >= 0.3 is 5.97 Å². The Morgan fingerprint density at radius 3 is 2.87 bits per heavy atom. The largest absolute Gasteiger partial charge is 0.465 e. The van der Waals surface area contributed by atoms with Crippen LogP contribution in [-0.4, -0.2) is 49.4 Å². The summed E-state index contributed by atoms with van der Waals surface area (Å²) >= 11 is 7.16. The molecule has 0 aromatic carbocycles. The van der Waals surface area contributed by atoms with E-state index in [9.17, 15) is 4.79 Å². The van der Waals surface area contributed by atoms with Crippen molar-refractivity contribution in [3.63, 3.8) is 0 Å². The molecule has 1 aromatic rings. The van der Waals surface area contributed by atoms with Gasteiger partial charge in [-0.1, -0.05) is 6.92 Å². The first-order valence-corrected chi connectivity index (χ1v) is 9.19. The van der Waals surface area contributed by atoms with E-state index in [4.69, 9.17) is 21.7 Å². The number of esters is 1. The van der Waals surface area contributed by atoms with Crippen molar-refractivity contribution in [1.82, 2.24) is 4.90 Å². The van der Waals surface area contributed by atoms with Gasteiger partial charge in [-0.25, -0.2) is 4.79 Å². The monoisotopic (exact) mass is 354 g/mol. The van der Waals surface area contributed by atoms with Crippen molar-refractivity contribution in [2.45, 2.75) is 26.2 Å². The van der Waals surface area contributed by atoms with E-state index in [1.165, 1.54) is 12.0 Å². The minimum atomic E-state index is -0.274.